The average molecular weight is 1490 g/mol. The van der Waals surface area contributed by atoms with Crippen molar-refractivity contribution >= 4 is 115 Å². The van der Waals surface area contributed by atoms with Gasteiger partial charge in [-0.1, -0.05) is 199 Å². The Balaban J connectivity index is 0.000000176. The molecule has 0 aliphatic heterocycles. The number of aryl methyl sites for hydroxylation is 7. The maximum atomic E-state index is 14.3. The Kier molecular flexibility index (Phi) is 24.9. The number of alkyl halides is 9. The standard InChI is InChI=1S/C21H16F6NOP.C21H19F3NOP.2C20H20NOP.CH4/c1-13-4-2-6-17(8-13)30(29,18-7-3-5-16(28)12-18)19-10-14(20(22,23)24)9-15(11-19)21(25,26)27;1-14-3-7-18(8-4-14)27(26,19-9-5-17(25)6-10-19)20-12-15(2)11-16(13-20)21(22,23)24;1-15-3-9-18(10-4-15)23(22,19-11-5-16(2)6-12-19)20-13-7-17(21)8-14-20;1-15-9-11-18(12-10-15)23(22,19-7-3-5-16(2)13-19)20-8-4-6-17(21)14-20;/h2-12H,28H2,1H3;3-13H,25H2,1-2H3;2*3-14H,21H2,1-2H3;1H4. The van der Waals surface area contributed by atoms with Gasteiger partial charge in [-0.15, -0.1) is 0 Å². The highest BCUT2D eigenvalue weighted by Crippen LogP contribution is 2.49. The Labute approximate surface area is 601 Å². The SMILES string of the molecule is C.Cc1ccc(P(=O)(c2ccc(C)cc2)c2ccc(N)cc2)cc1.Cc1ccc(P(=O)(c2ccc(N)cc2)c2cc(C)cc(C(F)(F)F)c2)cc1.Cc1ccc(P(=O)(c2cccc(C)c2)c2cccc(N)c2)cc1.Cc1cccc(P(=O)(c2cccc(N)c2)c2cc(C(F)(F)F)cc(C(F)(F)F)c2)c1. The van der Waals surface area contributed by atoms with E-state index in [2.05, 4.69) is 0 Å². The topological polar surface area (TPSA) is 172 Å². The van der Waals surface area contributed by atoms with Gasteiger partial charge in [-0.05, 0) is 175 Å². The lowest BCUT2D eigenvalue weighted by Crippen LogP contribution is -2.28. The first kappa shape index (κ1) is 79.8. The summed E-state index contributed by atoms with van der Waals surface area (Å²) >= 11 is 0. The molecule has 0 saturated carbocycles. The molecule has 0 aliphatic carbocycles. The quantitative estimate of drug-likeness (QED) is 0.0532. The molecule has 0 saturated heterocycles. The molecule has 0 bridgehead atoms. The van der Waals surface area contributed by atoms with Crippen LogP contribution in [-0.2, 0) is 36.8 Å². The minimum atomic E-state index is -5.05. The van der Waals surface area contributed by atoms with Crippen molar-refractivity contribution in [2.45, 2.75) is 74.4 Å². The van der Waals surface area contributed by atoms with Crippen molar-refractivity contribution in [1.82, 2.24) is 0 Å². The maximum Gasteiger partial charge on any atom is 0.416 e. The fourth-order valence-electron chi connectivity index (χ4n) is 11.5. The summed E-state index contributed by atoms with van der Waals surface area (Å²) < 4.78 is 177. The molecule has 0 spiro atoms. The van der Waals surface area contributed by atoms with Gasteiger partial charge in [0, 0.05) is 86.4 Å². The van der Waals surface area contributed by atoms with Crippen LogP contribution in [0.4, 0.5) is 62.3 Å². The molecule has 12 aromatic rings. The Morgan fingerprint density at radius 3 is 0.712 bits per heavy atom. The van der Waals surface area contributed by atoms with Crippen molar-refractivity contribution < 1.29 is 57.8 Å². The number of halogens is 9. The molecule has 12 aromatic carbocycles. The summed E-state index contributed by atoms with van der Waals surface area (Å²) in [6.45, 7) is 13.3. The summed E-state index contributed by atoms with van der Waals surface area (Å²) in [6.07, 6.45) is -14.6. The van der Waals surface area contributed by atoms with Gasteiger partial charge >= 0.3 is 18.5 Å². The van der Waals surface area contributed by atoms with Crippen molar-refractivity contribution in [3.05, 3.63) is 335 Å². The number of anilines is 4. The molecule has 0 aliphatic rings. The summed E-state index contributed by atoms with van der Waals surface area (Å²) in [5.74, 6) is 0. The van der Waals surface area contributed by atoms with Gasteiger partial charge < -0.3 is 41.2 Å². The Morgan fingerprint density at radius 1 is 0.212 bits per heavy atom. The fourth-order valence-corrected chi connectivity index (χ4v) is 22.4. The minimum Gasteiger partial charge on any atom is -0.399 e. The van der Waals surface area contributed by atoms with Crippen molar-refractivity contribution in [2.24, 2.45) is 0 Å². The summed E-state index contributed by atoms with van der Waals surface area (Å²) in [5, 5.41) is 5.60. The van der Waals surface area contributed by atoms with E-state index in [1.54, 1.807) is 80.6 Å². The zero-order valence-electron chi connectivity index (χ0n) is 57.2. The molecule has 3 atom stereocenters. The van der Waals surface area contributed by atoms with Crippen LogP contribution in [0, 0.1) is 48.5 Å². The van der Waals surface area contributed by atoms with Crippen LogP contribution >= 0.6 is 28.6 Å². The van der Waals surface area contributed by atoms with Crippen LogP contribution in [0.1, 0.15) is 63.1 Å². The highest BCUT2D eigenvalue weighted by Gasteiger charge is 2.42. The number of nitrogen functional groups attached to an aromatic ring is 4. The molecule has 538 valence electrons. The first-order chi connectivity index (χ1) is 48.4. The van der Waals surface area contributed by atoms with Gasteiger partial charge in [-0.2, -0.15) is 39.5 Å². The predicted octanol–water partition coefficient (Wildman–Crippen LogP) is 17.5. The van der Waals surface area contributed by atoms with Crippen LogP contribution in [0.3, 0.4) is 0 Å². The molecule has 8 N–H and O–H groups in total. The number of hydrogen-bond donors (Lipinski definition) is 4. The van der Waals surface area contributed by atoms with Crippen LogP contribution in [0.25, 0.3) is 0 Å². The molecule has 12 rings (SSSR count). The minimum absolute atomic E-state index is 0. The molecular formula is C83H79F9N4O4P4. The van der Waals surface area contributed by atoms with Crippen LogP contribution < -0.4 is 86.6 Å². The Bertz CT molecular complexity index is 4890. The first-order valence-corrected chi connectivity index (χ1v) is 39.0. The van der Waals surface area contributed by atoms with Crippen LogP contribution in [0.15, 0.2) is 279 Å². The third kappa shape index (κ3) is 18.4. The summed E-state index contributed by atoms with van der Waals surface area (Å²) in [7, 11) is -13.4. The normalized spacial score (nSPS) is 13.3. The predicted molar refractivity (Wildman–Crippen MR) is 416 cm³/mol. The number of hydrogen-bond acceptors (Lipinski definition) is 8. The molecular weight excluding hydrogens is 1410 g/mol. The highest BCUT2D eigenvalue weighted by atomic mass is 31.2. The molecule has 8 nitrogen and oxygen atoms in total. The van der Waals surface area contributed by atoms with Crippen LogP contribution in [0.5, 0.6) is 0 Å². The molecule has 0 aromatic heterocycles. The zero-order valence-corrected chi connectivity index (χ0v) is 60.8. The first-order valence-electron chi connectivity index (χ1n) is 32.2. The highest BCUT2D eigenvalue weighted by molar-refractivity contribution is 7.86. The van der Waals surface area contributed by atoms with E-state index < -0.39 is 69.1 Å². The van der Waals surface area contributed by atoms with Crippen molar-refractivity contribution in [3.8, 4) is 0 Å². The lowest BCUT2D eigenvalue weighted by Gasteiger charge is -2.23. The summed E-state index contributed by atoms with van der Waals surface area (Å²) in [4.78, 5) is 0. The van der Waals surface area contributed by atoms with Gasteiger partial charge in [0.2, 0.25) is 0 Å². The van der Waals surface area contributed by atoms with E-state index in [0.717, 1.165) is 71.8 Å². The Morgan fingerprint density at radius 2 is 0.433 bits per heavy atom. The van der Waals surface area contributed by atoms with Gasteiger partial charge in [-0.25, -0.2) is 0 Å². The van der Waals surface area contributed by atoms with E-state index in [-0.39, 0.29) is 35.1 Å². The van der Waals surface area contributed by atoms with E-state index >= 15 is 0 Å². The lowest BCUT2D eigenvalue weighted by molar-refractivity contribution is -0.143. The van der Waals surface area contributed by atoms with Gasteiger partial charge in [0.25, 0.3) is 0 Å². The van der Waals surface area contributed by atoms with E-state index in [1.165, 1.54) is 36.4 Å². The molecule has 3 unspecified atom stereocenters. The van der Waals surface area contributed by atoms with Gasteiger partial charge in [-0.3, -0.25) is 0 Å². The van der Waals surface area contributed by atoms with Crippen LogP contribution in [0.2, 0.25) is 0 Å². The molecule has 0 radical (unpaired) electrons. The van der Waals surface area contributed by atoms with E-state index in [9.17, 15) is 57.8 Å². The molecule has 0 amide bonds. The Hall–Kier alpha value is -9.87. The third-order valence-electron chi connectivity index (χ3n) is 17.0. The maximum absolute atomic E-state index is 14.3. The molecule has 0 heterocycles. The second-order valence-electron chi connectivity index (χ2n) is 25.1. The molecule has 21 heteroatoms. The second kappa shape index (κ2) is 32.4. The smallest absolute Gasteiger partial charge is 0.399 e. The number of rotatable bonds is 12. The van der Waals surface area contributed by atoms with Crippen LogP contribution in [-0.4, -0.2) is 0 Å². The largest absolute Gasteiger partial charge is 0.416 e. The number of benzene rings is 12. The number of nitrogens with two attached hydrogens (primary N) is 4. The molecule has 0 fully saturated rings. The van der Waals surface area contributed by atoms with Crippen molar-refractivity contribution in [2.75, 3.05) is 22.9 Å². The molecule has 104 heavy (non-hydrogen) atoms. The van der Waals surface area contributed by atoms with E-state index in [4.69, 9.17) is 22.9 Å². The second-order valence-corrected chi connectivity index (χ2v) is 36.2. The van der Waals surface area contributed by atoms with Gasteiger partial charge in [0.15, 0.2) is 28.6 Å². The van der Waals surface area contributed by atoms with E-state index in [1.807, 2.05) is 180 Å². The lowest BCUT2D eigenvalue weighted by atomic mass is 10.1. The third-order valence-corrected chi connectivity index (χ3v) is 29.1. The van der Waals surface area contributed by atoms with E-state index in [0.29, 0.717) is 50.9 Å². The van der Waals surface area contributed by atoms with Crippen molar-refractivity contribution in [1.29, 1.82) is 0 Å². The average Bonchev–Trinajstić information content (AvgIpc) is 0.782. The van der Waals surface area contributed by atoms with Gasteiger partial charge in [0.05, 0.1) is 16.7 Å². The van der Waals surface area contributed by atoms with Crippen molar-refractivity contribution in [3.63, 3.8) is 0 Å². The van der Waals surface area contributed by atoms with Gasteiger partial charge in [0.1, 0.15) is 0 Å². The summed E-state index contributed by atoms with van der Waals surface area (Å²) in [5.41, 5.74) is 27.9. The monoisotopic (exact) mass is 1490 g/mol. The fraction of sp³-hybridized carbons (Fsp3) is 0.133. The summed E-state index contributed by atoms with van der Waals surface area (Å²) in [6, 6.07) is 76.4. The zero-order chi connectivity index (χ0) is 75.0.